The molecule has 2 aliphatic rings. The maximum atomic E-state index is 5.61. The van der Waals surface area contributed by atoms with Crippen molar-refractivity contribution < 1.29 is 4.74 Å². The van der Waals surface area contributed by atoms with E-state index in [0.29, 0.717) is 5.92 Å². The topological polar surface area (TPSA) is 9.23 Å². The minimum absolute atomic E-state index is 0.495. The van der Waals surface area contributed by atoms with Gasteiger partial charge in [-0.2, -0.15) is 0 Å². The summed E-state index contributed by atoms with van der Waals surface area (Å²) in [5.74, 6) is 1.45. The molecular weight excluding hydrogens is 440 g/mol. The molecule has 0 spiro atoms. The number of aryl methyl sites for hydroxylation is 2. The van der Waals surface area contributed by atoms with Gasteiger partial charge < -0.3 is 4.74 Å². The molecule has 1 atom stereocenters. The summed E-state index contributed by atoms with van der Waals surface area (Å²) in [5.41, 5.74) is 9.17. The molecule has 0 saturated carbocycles. The molecule has 0 amide bonds. The Morgan fingerprint density at radius 3 is 2.44 bits per heavy atom. The standard InChI is InChI=1S/C22H24Br2O/c1-13-19(23)10-14-6-3-4-8-16(14)22(13)17-9-5-7-15-11-20(24)21(25-2)12-18(15)17/h10-12,17H,3-9H2,1-2H3. The Morgan fingerprint density at radius 2 is 1.64 bits per heavy atom. The number of rotatable bonds is 2. The summed E-state index contributed by atoms with van der Waals surface area (Å²) < 4.78 is 7.95. The number of ether oxygens (including phenoxy) is 1. The normalized spacial score (nSPS) is 19.3. The zero-order valence-electron chi connectivity index (χ0n) is 14.9. The van der Waals surface area contributed by atoms with Crippen LogP contribution in [0, 0.1) is 6.92 Å². The molecule has 132 valence electrons. The quantitative estimate of drug-likeness (QED) is 0.471. The molecule has 1 unspecified atom stereocenters. The zero-order valence-corrected chi connectivity index (χ0v) is 18.1. The van der Waals surface area contributed by atoms with Gasteiger partial charge in [-0.25, -0.2) is 0 Å². The highest BCUT2D eigenvalue weighted by Crippen LogP contribution is 2.45. The van der Waals surface area contributed by atoms with E-state index in [9.17, 15) is 0 Å². The zero-order chi connectivity index (χ0) is 17.6. The maximum Gasteiger partial charge on any atom is 0.133 e. The van der Waals surface area contributed by atoms with E-state index >= 15 is 0 Å². The van der Waals surface area contributed by atoms with Crippen molar-refractivity contribution in [1.29, 1.82) is 0 Å². The van der Waals surface area contributed by atoms with E-state index < -0.39 is 0 Å². The summed E-state index contributed by atoms with van der Waals surface area (Å²) in [5, 5.41) is 0. The van der Waals surface area contributed by atoms with Crippen molar-refractivity contribution in [3.8, 4) is 5.75 Å². The summed E-state index contributed by atoms with van der Waals surface area (Å²) >= 11 is 7.50. The largest absolute Gasteiger partial charge is 0.496 e. The molecular formula is C22H24Br2O. The third kappa shape index (κ3) is 3.08. The fourth-order valence-electron chi connectivity index (χ4n) is 4.74. The van der Waals surface area contributed by atoms with E-state index in [2.05, 4.69) is 57.0 Å². The van der Waals surface area contributed by atoms with Crippen molar-refractivity contribution in [2.24, 2.45) is 0 Å². The predicted molar refractivity (Wildman–Crippen MR) is 111 cm³/mol. The van der Waals surface area contributed by atoms with Crippen LogP contribution in [-0.2, 0) is 19.3 Å². The Labute approximate surface area is 167 Å². The molecule has 0 radical (unpaired) electrons. The van der Waals surface area contributed by atoms with Gasteiger partial charge in [-0.15, -0.1) is 0 Å². The summed E-state index contributed by atoms with van der Waals surface area (Å²) in [6, 6.07) is 6.93. The summed E-state index contributed by atoms with van der Waals surface area (Å²) in [6.45, 7) is 2.29. The van der Waals surface area contributed by atoms with Crippen LogP contribution >= 0.6 is 31.9 Å². The van der Waals surface area contributed by atoms with Gasteiger partial charge in [-0.3, -0.25) is 0 Å². The van der Waals surface area contributed by atoms with Crippen molar-refractivity contribution in [2.45, 2.75) is 57.8 Å². The van der Waals surface area contributed by atoms with Crippen molar-refractivity contribution in [3.63, 3.8) is 0 Å². The smallest absolute Gasteiger partial charge is 0.133 e. The van der Waals surface area contributed by atoms with Crippen molar-refractivity contribution in [3.05, 3.63) is 60.5 Å². The minimum Gasteiger partial charge on any atom is -0.496 e. The molecule has 1 nitrogen and oxygen atoms in total. The van der Waals surface area contributed by atoms with E-state index in [4.69, 9.17) is 4.74 Å². The first-order valence-electron chi connectivity index (χ1n) is 9.27. The molecule has 0 fully saturated rings. The molecule has 4 rings (SSSR count). The van der Waals surface area contributed by atoms with Crippen LogP contribution in [0.4, 0.5) is 0 Å². The van der Waals surface area contributed by atoms with E-state index in [-0.39, 0.29) is 0 Å². The lowest BCUT2D eigenvalue weighted by Gasteiger charge is -2.32. The van der Waals surface area contributed by atoms with Crippen LogP contribution in [0.3, 0.4) is 0 Å². The Balaban J connectivity index is 1.92. The second kappa shape index (κ2) is 7.08. The number of methoxy groups -OCH3 is 1. The van der Waals surface area contributed by atoms with Gasteiger partial charge >= 0.3 is 0 Å². The summed E-state index contributed by atoms with van der Waals surface area (Å²) in [6.07, 6.45) is 8.78. The third-order valence-electron chi connectivity index (χ3n) is 5.98. The first-order chi connectivity index (χ1) is 12.1. The Kier molecular flexibility index (Phi) is 4.98. The van der Waals surface area contributed by atoms with E-state index in [1.54, 1.807) is 23.8 Å². The lowest BCUT2D eigenvalue weighted by atomic mass is 9.73. The fraction of sp³-hybridized carbons (Fsp3) is 0.455. The van der Waals surface area contributed by atoms with Gasteiger partial charge in [0.2, 0.25) is 0 Å². The van der Waals surface area contributed by atoms with E-state index in [1.807, 2.05) is 0 Å². The number of fused-ring (bicyclic) bond motifs is 2. The van der Waals surface area contributed by atoms with Crippen LogP contribution in [0.25, 0.3) is 0 Å². The van der Waals surface area contributed by atoms with Gasteiger partial charge in [0.25, 0.3) is 0 Å². The lowest BCUT2D eigenvalue weighted by Crippen LogP contribution is -2.17. The average molecular weight is 464 g/mol. The monoisotopic (exact) mass is 462 g/mol. The van der Waals surface area contributed by atoms with Gasteiger partial charge in [0, 0.05) is 10.4 Å². The number of halogens is 2. The van der Waals surface area contributed by atoms with Gasteiger partial charge in [-0.05, 0) is 119 Å². The van der Waals surface area contributed by atoms with Crippen molar-refractivity contribution >= 4 is 31.9 Å². The van der Waals surface area contributed by atoms with Crippen molar-refractivity contribution in [1.82, 2.24) is 0 Å². The molecule has 0 saturated heterocycles. The molecule has 2 aromatic rings. The lowest BCUT2D eigenvalue weighted by molar-refractivity contribution is 0.410. The molecule has 0 heterocycles. The Hall–Kier alpha value is -0.800. The summed E-state index contributed by atoms with van der Waals surface area (Å²) in [7, 11) is 1.76. The second-order valence-electron chi connectivity index (χ2n) is 7.37. The molecule has 0 N–H and O–H groups in total. The number of benzene rings is 2. The first-order valence-corrected chi connectivity index (χ1v) is 10.9. The highest BCUT2D eigenvalue weighted by atomic mass is 79.9. The Morgan fingerprint density at radius 1 is 0.920 bits per heavy atom. The van der Waals surface area contributed by atoms with Crippen molar-refractivity contribution in [2.75, 3.05) is 7.11 Å². The van der Waals surface area contributed by atoms with Crippen LogP contribution < -0.4 is 4.74 Å². The average Bonchev–Trinajstić information content (AvgIpc) is 2.62. The predicted octanol–water partition coefficient (Wildman–Crippen LogP) is 6.88. The van der Waals surface area contributed by atoms with Gasteiger partial charge in [0.15, 0.2) is 0 Å². The van der Waals surface area contributed by atoms with Crippen LogP contribution in [-0.4, -0.2) is 7.11 Å². The third-order valence-corrected chi connectivity index (χ3v) is 7.42. The highest BCUT2D eigenvalue weighted by molar-refractivity contribution is 9.10. The number of hydrogen-bond acceptors (Lipinski definition) is 1. The van der Waals surface area contributed by atoms with Crippen LogP contribution in [0.2, 0.25) is 0 Å². The molecule has 25 heavy (non-hydrogen) atoms. The van der Waals surface area contributed by atoms with Gasteiger partial charge in [0.05, 0.1) is 11.6 Å². The van der Waals surface area contributed by atoms with E-state index in [1.165, 1.54) is 66.1 Å². The minimum atomic E-state index is 0.495. The SMILES string of the molecule is COc1cc2c(cc1Br)CCCC2c1c(C)c(Br)cc2c1CCCC2. The molecule has 3 heteroatoms. The van der Waals surface area contributed by atoms with Gasteiger partial charge in [0.1, 0.15) is 5.75 Å². The fourth-order valence-corrected chi connectivity index (χ4v) is 5.79. The van der Waals surface area contributed by atoms with Gasteiger partial charge in [-0.1, -0.05) is 15.9 Å². The molecule has 2 aliphatic carbocycles. The maximum absolute atomic E-state index is 5.61. The highest BCUT2D eigenvalue weighted by Gasteiger charge is 2.29. The second-order valence-corrected chi connectivity index (χ2v) is 9.08. The first kappa shape index (κ1) is 17.6. The van der Waals surface area contributed by atoms with Crippen LogP contribution in [0.1, 0.15) is 65.0 Å². The number of hydrogen-bond donors (Lipinski definition) is 0. The molecule has 0 bridgehead atoms. The molecule has 2 aromatic carbocycles. The van der Waals surface area contributed by atoms with E-state index in [0.717, 1.165) is 10.2 Å². The summed E-state index contributed by atoms with van der Waals surface area (Å²) in [4.78, 5) is 0. The molecule has 0 aliphatic heterocycles. The Bertz CT molecular complexity index is 826. The van der Waals surface area contributed by atoms with Crippen LogP contribution in [0.15, 0.2) is 27.1 Å². The van der Waals surface area contributed by atoms with Crippen LogP contribution in [0.5, 0.6) is 5.75 Å². The molecule has 0 aromatic heterocycles.